The van der Waals surface area contributed by atoms with Crippen molar-refractivity contribution < 1.29 is 9.90 Å². The number of carbonyl (C=O) groups is 1. The third-order valence-corrected chi connectivity index (χ3v) is 4.11. The van der Waals surface area contributed by atoms with E-state index in [0.29, 0.717) is 12.1 Å². The molecular weight excluding hydrogens is 292 g/mol. The Balaban J connectivity index is 2.24. The molecule has 0 aliphatic rings. The van der Waals surface area contributed by atoms with Gasteiger partial charge < -0.3 is 5.11 Å². The van der Waals surface area contributed by atoms with E-state index in [1.165, 1.54) is 4.57 Å². The van der Waals surface area contributed by atoms with Gasteiger partial charge in [-0.05, 0) is 42.7 Å². The van der Waals surface area contributed by atoms with Crippen molar-refractivity contribution in [1.29, 1.82) is 0 Å². The molecule has 1 heterocycles. The molecule has 0 bridgehead atoms. The third-order valence-electron chi connectivity index (χ3n) is 4.11. The third kappa shape index (κ3) is 2.77. The lowest BCUT2D eigenvalue weighted by molar-refractivity contribution is -0.137. The average Bonchev–Trinajstić information content (AvgIpc) is 2.74. The lowest BCUT2D eigenvalue weighted by Gasteiger charge is -2.05. The first-order valence-electron chi connectivity index (χ1n) is 7.43. The fraction of sp³-hybridized carbons (Fsp3) is 0.222. The number of hydrogen-bond donors (Lipinski definition) is 1. The van der Waals surface area contributed by atoms with Crippen molar-refractivity contribution in [2.45, 2.75) is 26.9 Å². The maximum atomic E-state index is 12.7. The molecule has 0 fully saturated rings. The van der Waals surface area contributed by atoms with Gasteiger partial charge in [0.2, 0.25) is 0 Å². The molecule has 0 atom stereocenters. The number of aliphatic carboxylic acids is 1. The van der Waals surface area contributed by atoms with E-state index in [-0.39, 0.29) is 12.2 Å². The molecule has 1 aromatic heterocycles. The predicted molar refractivity (Wildman–Crippen MR) is 88.9 cm³/mol. The highest BCUT2D eigenvalue weighted by Crippen LogP contribution is 2.20. The Bertz CT molecular complexity index is 936. The summed E-state index contributed by atoms with van der Waals surface area (Å²) in [6, 6.07) is 13.5. The lowest BCUT2D eigenvalue weighted by Crippen LogP contribution is -2.27. The Morgan fingerprint density at radius 2 is 1.57 bits per heavy atom. The van der Waals surface area contributed by atoms with Crippen LogP contribution in [0.2, 0.25) is 0 Å². The molecule has 0 spiro atoms. The molecule has 0 unspecified atom stereocenters. The van der Waals surface area contributed by atoms with Crippen LogP contribution in [0.5, 0.6) is 0 Å². The summed E-state index contributed by atoms with van der Waals surface area (Å²) in [6.45, 7) is 4.03. The summed E-state index contributed by atoms with van der Waals surface area (Å²) in [7, 11) is 0. The van der Waals surface area contributed by atoms with Crippen molar-refractivity contribution >= 4 is 17.0 Å². The van der Waals surface area contributed by atoms with Crippen molar-refractivity contribution in [2.75, 3.05) is 0 Å². The molecule has 0 aliphatic heterocycles. The van der Waals surface area contributed by atoms with Crippen LogP contribution in [0.1, 0.15) is 16.7 Å². The zero-order valence-electron chi connectivity index (χ0n) is 13.1. The monoisotopic (exact) mass is 310 g/mol. The molecule has 3 aromatic rings. The summed E-state index contributed by atoms with van der Waals surface area (Å²) in [6.07, 6.45) is 0. The molecular formula is C18H18N2O3. The molecule has 23 heavy (non-hydrogen) atoms. The van der Waals surface area contributed by atoms with Crippen molar-refractivity contribution in [1.82, 2.24) is 9.13 Å². The Morgan fingerprint density at radius 1 is 1.00 bits per heavy atom. The Labute approximate surface area is 133 Å². The SMILES string of the molecule is Cc1cc2c(cc1C)n(Cc1ccccc1)c(=O)n2CC(=O)O. The first-order valence-corrected chi connectivity index (χ1v) is 7.43. The zero-order chi connectivity index (χ0) is 16.6. The van der Waals surface area contributed by atoms with E-state index in [9.17, 15) is 9.59 Å². The minimum Gasteiger partial charge on any atom is -0.480 e. The summed E-state index contributed by atoms with van der Waals surface area (Å²) < 4.78 is 2.97. The van der Waals surface area contributed by atoms with Gasteiger partial charge in [0.1, 0.15) is 6.54 Å². The van der Waals surface area contributed by atoms with Gasteiger partial charge in [-0.15, -0.1) is 0 Å². The molecule has 0 aliphatic carbocycles. The summed E-state index contributed by atoms with van der Waals surface area (Å²) in [5.74, 6) is -1.02. The molecule has 118 valence electrons. The van der Waals surface area contributed by atoms with Crippen LogP contribution < -0.4 is 5.69 Å². The number of hydrogen-bond acceptors (Lipinski definition) is 2. The second-order valence-corrected chi connectivity index (χ2v) is 5.76. The Hall–Kier alpha value is -2.82. The van der Waals surface area contributed by atoms with Gasteiger partial charge >= 0.3 is 11.7 Å². The van der Waals surface area contributed by atoms with Gasteiger partial charge in [0.05, 0.1) is 17.6 Å². The van der Waals surface area contributed by atoms with Crippen LogP contribution in [0.15, 0.2) is 47.3 Å². The number of carboxylic acids is 1. The number of aryl methyl sites for hydroxylation is 2. The van der Waals surface area contributed by atoms with E-state index in [1.807, 2.05) is 56.3 Å². The maximum Gasteiger partial charge on any atom is 0.329 e. The molecule has 5 nitrogen and oxygen atoms in total. The van der Waals surface area contributed by atoms with Crippen LogP contribution in [-0.4, -0.2) is 20.2 Å². The first-order chi connectivity index (χ1) is 11.0. The van der Waals surface area contributed by atoms with E-state index in [0.717, 1.165) is 22.2 Å². The molecule has 0 radical (unpaired) electrons. The van der Waals surface area contributed by atoms with E-state index in [2.05, 4.69) is 0 Å². The van der Waals surface area contributed by atoms with Gasteiger partial charge in [0, 0.05) is 0 Å². The summed E-state index contributed by atoms with van der Waals surface area (Å²) >= 11 is 0. The van der Waals surface area contributed by atoms with Gasteiger partial charge in [0.15, 0.2) is 0 Å². The lowest BCUT2D eigenvalue weighted by atomic mass is 10.1. The molecule has 0 amide bonds. The molecule has 0 saturated heterocycles. The molecule has 2 aromatic carbocycles. The fourth-order valence-corrected chi connectivity index (χ4v) is 2.78. The van der Waals surface area contributed by atoms with Crippen LogP contribution in [0.3, 0.4) is 0 Å². The van der Waals surface area contributed by atoms with Crippen molar-refractivity contribution in [2.24, 2.45) is 0 Å². The van der Waals surface area contributed by atoms with E-state index >= 15 is 0 Å². The number of imidazole rings is 1. The van der Waals surface area contributed by atoms with Crippen LogP contribution in [0.25, 0.3) is 11.0 Å². The highest BCUT2D eigenvalue weighted by molar-refractivity contribution is 5.80. The standard InChI is InChI=1S/C18H18N2O3/c1-12-8-15-16(9-13(12)2)20(11-17(21)22)18(23)19(15)10-14-6-4-3-5-7-14/h3-9H,10-11H2,1-2H3,(H,21,22). The molecule has 0 saturated carbocycles. The van der Waals surface area contributed by atoms with Gasteiger partial charge in [-0.2, -0.15) is 0 Å². The number of benzene rings is 2. The van der Waals surface area contributed by atoms with Crippen molar-refractivity contribution in [3.05, 3.63) is 69.6 Å². The van der Waals surface area contributed by atoms with Gasteiger partial charge in [-0.25, -0.2) is 4.79 Å². The largest absolute Gasteiger partial charge is 0.480 e. The van der Waals surface area contributed by atoms with Gasteiger partial charge in [-0.1, -0.05) is 30.3 Å². The van der Waals surface area contributed by atoms with Gasteiger partial charge in [-0.3, -0.25) is 13.9 Å². The Morgan fingerprint density at radius 3 is 2.13 bits per heavy atom. The number of aromatic nitrogens is 2. The highest BCUT2D eigenvalue weighted by Gasteiger charge is 2.16. The highest BCUT2D eigenvalue weighted by atomic mass is 16.4. The van der Waals surface area contributed by atoms with Crippen LogP contribution in [0.4, 0.5) is 0 Å². The average molecular weight is 310 g/mol. The zero-order valence-corrected chi connectivity index (χ0v) is 13.1. The van der Waals surface area contributed by atoms with Gasteiger partial charge in [0.25, 0.3) is 0 Å². The quantitative estimate of drug-likeness (QED) is 0.805. The van der Waals surface area contributed by atoms with E-state index in [1.54, 1.807) is 4.57 Å². The Kier molecular flexibility index (Phi) is 3.78. The number of fused-ring (bicyclic) bond motifs is 1. The van der Waals surface area contributed by atoms with Crippen LogP contribution in [-0.2, 0) is 17.9 Å². The molecule has 5 heteroatoms. The van der Waals surface area contributed by atoms with E-state index in [4.69, 9.17) is 5.11 Å². The number of rotatable bonds is 4. The van der Waals surface area contributed by atoms with E-state index < -0.39 is 5.97 Å². The predicted octanol–water partition coefficient (Wildman–Crippen LogP) is 2.55. The number of carboxylic acid groups (broad SMARTS) is 1. The topological polar surface area (TPSA) is 64.2 Å². The van der Waals surface area contributed by atoms with Crippen LogP contribution >= 0.6 is 0 Å². The summed E-state index contributed by atoms with van der Waals surface area (Å²) in [5, 5.41) is 9.10. The number of nitrogens with zero attached hydrogens (tertiary/aromatic N) is 2. The molecule has 3 rings (SSSR count). The normalized spacial score (nSPS) is 11.0. The first kappa shape index (κ1) is 15.1. The second-order valence-electron chi connectivity index (χ2n) is 5.76. The summed E-state index contributed by atoms with van der Waals surface area (Å²) in [4.78, 5) is 23.8. The van der Waals surface area contributed by atoms with Crippen molar-refractivity contribution in [3.63, 3.8) is 0 Å². The van der Waals surface area contributed by atoms with Crippen LogP contribution in [0, 0.1) is 13.8 Å². The molecule has 1 N–H and O–H groups in total. The second kappa shape index (κ2) is 5.76. The fourth-order valence-electron chi connectivity index (χ4n) is 2.78. The minimum atomic E-state index is -1.02. The minimum absolute atomic E-state index is 0.295. The smallest absolute Gasteiger partial charge is 0.329 e. The maximum absolute atomic E-state index is 12.7. The van der Waals surface area contributed by atoms with Crippen molar-refractivity contribution in [3.8, 4) is 0 Å². The summed E-state index contributed by atoms with van der Waals surface area (Å²) in [5.41, 5.74) is 4.25.